The van der Waals surface area contributed by atoms with Crippen molar-refractivity contribution in [2.24, 2.45) is 5.92 Å². The number of halogens is 1. The molecule has 0 fully saturated rings. The molecule has 1 aromatic carbocycles. The molecular weight excluding hydrogens is 220 g/mol. The summed E-state index contributed by atoms with van der Waals surface area (Å²) in [7, 11) is 0. The molecule has 0 N–H and O–H groups in total. The molecule has 0 saturated carbocycles. The molecule has 0 aromatic heterocycles. The van der Waals surface area contributed by atoms with Gasteiger partial charge in [-0.2, -0.15) is 0 Å². The number of hydrogen-bond acceptors (Lipinski definition) is 1. The number of Topliss-reactive ketones (excluding diaryl/α,β-unsaturated/α-hetero) is 1. The van der Waals surface area contributed by atoms with Gasteiger partial charge in [-0.05, 0) is 43.0 Å². The van der Waals surface area contributed by atoms with Crippen molar-refractivity contribution in [2.75, 3.05) is 0 Å². The van der Waals surface area contributed by atoms with Gasteiger partial charge in [0.05, 0.1) is 0 Å². The van der Waals surface area contributed by atoms with Gasteiger partial charge in [0.25, 0.3) is 0 Å². The highest BCUT2D eigenvalue weighted by molar-refractivity contribution is 6.30. The summed E-state index contributed by atoms with van der Waals surface area (Å²) in [5, 5.41) is 0.718. The molecule has 1 unspecified atom stereocenters. The Bertz CT molecular complexity index is 396. The quantitative estimate of drug-likeness (QED) is 0.709. The van der Waals surface area contributed by atoms with E-state index in [0.29, 0.717) is 0 Å². The van der Waals surface area contributed by atoms with Crippen molar-refractivity contribution in [3.63, 3.8) is 0 Å². The number of rotatable bonds is 4. The Morgan fingerprint density at radius 2 is 2.00 bits per heavy atom. The third kappa shape index (κ3) is 2.65. The highest BCUT2D eigenvalue weighted by Crippen LogP contribution is 2.24. The van der Waals surface area contributed by atoms with Gasteiger partial charge < -0.3 is 0 Å². The fourth-order valence-electron chi connectivity index (χ4n) is 1.88. The average molecular weight is 239 g/mol. The molecule has 1 aromatic rings. The number of ketones is 1. The van der Waals surface area contributed by atoms with Crippen LogP contribution in [0.1, 0.15) is 48.7 Å². The minimum Gasteiger partial charge on any atom is -0.294 e. The van der Waals surface area contributed by atoms with E-state index in [0.717, 1.165) is 34.6 Å². The second kappa shape index (κ2) is 5.49. The predicted octanol–water partition coefficient (Wildman–Crippen LogP) is 4.44. The SMILES string of the molecule is CCc1cc(Cl)cc(C)c1C(=O)C(C)CC. The molecule has 0 heterocycles. The number of benzene rings is 1. The third-order valence-corrected chi connectivity index (χ3v) is 3.29. The Balaban J connectivity index is 3.26. The van der Waals surface area contributed by atoms with Crippen LogP contribution in [-0.2, 0) is 6.42 Å². The third-order valence-electron chi connectivity index (χ3n) is 3.07. The molecule has 1 rings (SSSR count). The first kappa shape index (κ1) is 13.2. The van der Waals surface area contributed by atoms with Gasteiger partial charge in [0.1, 0.15) is 0 Å². The normalized spacial score (nSPS) is 12.6. The second-order valence-corrected chi connectivity index (χ2v) is 4.72. The fraction of sp³-hybridized carbons (Fsp3) is 0.500. The molecule has 0 saturated heterocycles. The van der Waals surface area contributed by atoms with E-state index in [1.54, 1.807) is 0 Å². The van der Waals surface area contributed by atoms with Crippen molar-refractivity contribution in [1.29, 1.82) is 0 Å². The topological polar surface area (TPSA) is 17.1 Å². The van der Waals surface area contributed by atoms with Crippen molar-refractivity contribution in [3.8, 4) is 0 Å². The molecule has 0 aliphatic heterocycles. The summed E-state index contributed by atoms with van der Waals surface area (Å²) in [6, 6.07) is 3.78. The number of carbonyl (C=O) groups excluding carboxylic acids is 1. The van der Waals surface area contributed by atoms with Gasteiger partial charge in [0.2, 0.25) is 0 Å². The first-order valence-corrected chi connectivity index (χ1v) is 6.22. The summed E-state index contributed by atoms with van der Waals surface area (Å²) >= 11 is 6.01. The summed E-state index contributed by atoms with van der Waals surface area (Å²) in [5.41, 5.74) is 2.94. The Morgan fingerprint density at radius 1 is 1.38 bits per heavy atom. The van der Waals surface area contributed by atoms with Crippen LogP contribution in [-0.4, -0.2) is 5.78 Å². The van der Waals surface area contributed by atoms with Crippen LogP contribution in [0.3, 0.4) is 0 Å². The highest BCUT2D eigenvalue weighted by atomic mass is 35.5. The molecule has 88 valence electrons. The van der Waals surface area contributed by atoms with Crippen LogP contribution in [0.15, 0.2) is 12.1 Å². The van der Waals surface area contributed by atoms with Gasteiger partial charge in [-0.15, -0.1) is 0 Å². The Labute approximate surface area is 103 Å². The van der Waals surface area contributed by atoms with Crippen LogP contribution < -0.4 is 0 Å². The van der Waals surface area contributed by atoms with Crippen molar-refractivity contribution in [3.05, 3.63) is 33.8 Å². The standard InChI is InChI=1S/C14H19ClO/c1-5-9(3)14(16)13-10(4)7-12(15)8-11(13)6-2/h7-9H,5-6H2,1-4H3. The van der Waals surface area contributed by atoms with E-state index in [1.807, 2.05) is 32.9 Å². The lowest BCUT2D eigenvalue weighted by Gasteiger charge is -2.14. The summed E-state index contributed by atoms with van der Waals surface area (Å²) in [6.45, 7) is 8.04. The van der Waals surface area contributed by atoms with Gasteiger partial charge in [0, 0.05) is 16.5 Å². The lowest BCUT2D eigenvalue weighted by atomic mass is 9.89. The zero-order valence-corrected chi connectivity index (χ0v) is 11.2. The molecule has 0 amide bonds. The minimum atomic E-state index is 0.0881. The van der Waals surface area contributed by atoms with Crippen molar-refractivity contribution >= 4 is 17.4 Å². The van der Waals surface area contributed by atoms with Crippen molar-refractivity contribution in [2.45, 2.75) is 40.5 Å². The molecule has 0 spiro atoms. The van der Waals surface area contributed by atoms with Crippen LogP contribution >= 0.6 is 11.6 Å². The zero-order valence-electron chi connectivity index (χ0n) is 10.4. The molecule has 1 atom stereocenters. The van der Waals surface area contributed by atoms with E-state index in [9.17, 15) is 4.79 Å². The molecular formula is C14H19ClO. The molecule has 1 nitrogen and oxygen atoms in total. The van der Waals surface area contributed by atoms with Crippen LogP contribution in [0.2, 0.25) is 5.02 Å². The second-order valence-electron chi connectivity index (χ2n) is 4.28. The van der Waals surface area contributed by atoms with E-state index in [2.05, 4.69) is 6.92 Å². The van der Waals surface area contributed by atoms with Crippen LogP contribution in [0, 0.1) is 12.8 Å². The van der Waals surface area contributed by atoms with E-state index in [1.165, 1.54) is 0 Å². The smallest absolute Gasteiger partial charge is 0.166 e. The Morgan fingerprint density at radius 3 is 2.50 bits per heavy atom. The van der Waals surface area contributed by atoms with E-state index < -0.39 is 0 Å². The summed E-state index contributed by atoms with van der Waals surface area (Å²) in [4.78, 5) is 12.2. The predicted molar refractivity (Wildman–Crippen MR) is 69.4 cm³/mol. The monoisotopic (exact) mass is 238 g/mol. The summed E-state index contributed by atoms with van der Waals surface area (Å²) in [5.74, 6) is 0.332. The molecule has 0 bridgehead atoms. The van der Waals surface area contributed by atoms with Crippen LogP contribution in [0.4, 0.5) is 0 Å². The molecule has 0 radical (unpaired) electrons. The maximum atomic E-state index is 12.2. The van der Waals surface area contributed by atoms with E-state index in [4.69, 9.17) is 11.6 Å². The lowest BCUT2D eigenvalue weighted by Crippen LogP contribution is -2.14. The number of hydrogen-bond donors (Lipinski definition) is 0. The molecule has 2 heteroatoms. The minimum absolute atomic E-state index is 0.0881. The molecule has 16 heavy (non-hydrogen) atoms. The number of carbonyl (C=O) groups is 1. The van der Waals surface area contributed by atoms with Gasteiger partial charge in [-0.25, -0.2) is 0 Å². The van der Waals surface area contributed by atoms with Crippen molar-refractivity contribution in [1.82, 2.24) is 0 Å². The van der Waals surface area contributed by atoms with E-state index >= 15 is 0 Å². The van der Waals surface area contributed by atoms with Gasteiger partial charge in [-0.1, -0.05) is 32.4 Å². The maximum absolute atomic E-state index is 12.2. The maximum Gasteiger partial charge on any atom is 0.166 e. The van der Waals surface area contributed by atoms with E-state index in [-0.39, 0.29) is 11.7 Å². The molecule has 0 aliphatic rings. The Hall–Kier alpha value is -0.820. The number of aryl methyl sites for hydroxylation is 2. The van der Waals surface area contributed by atoms with Crippen LogP contribution in [0.25, 0.3) is 0 Å². The van der Waals surface area contributed by atoms with Gasteiger partial charge in [0.15, 0.2) is 5.78 Å². The van der Waals surface area contributed by atoms with Crippen molar-refractivity contribution < 1.29 is 4.79 Å². The summed E-state index contributed by atoms with van der Waals surface area (Å²) in [6.07, 6.45) is 1.73. The largest absolute Gasteiger partial charge is 0.294 e. The zero-order chi connectivity index (χ0) is 12.3. The Kier molecular flexibility index (Phi) is 4.55. The van der Waals surface area contributed by atoms with Gasteiger partial charge in [-0.3, -0.25) is 4.79 Å². The first-order valence-electron chi connectivity index (χ1n) is 5.84. The van der Waals surface area contributed by atoms with Gasteiger partial charge >= 0.3 is 0 Å². The lowest BCUT2D eigenvalue weighted by molar-refractivity contribution is 0.0925. The highest BCUT2D eigenvalue weighted by Gasteiger charge is 2.18. The van der Waals surface area contributed by atoms with Crippen LogP contribution in [0.5, 0.6) is 0 Å². The summed E-state index contributed by atoms with van der Waals surface area (Å²) < 4.78 is 0. The first-order chi connectivity index (χ1) is 7.51. The fourth-order valence-corrected chi connectivity index (χ4v) is 2.17. The average Bonchev–Trinajstić information content (AvgIpc) is 2.26. The molecule has 0 aliphatic carbocycles.